The fourth-order valence-corrected chi connectivity index (χ4v) is 2.34. The second kappa shape index (κ2) is 10.7. The van der Waals surface area contributed by atoms with Gasteiger partial charge in [-0.2, -0.15) is 0 Å². The van der Waals surface area contributed by atoms with Crippen molar-refractivity contribution < 1.29 is 36.6 Å². The first-order chi connectivity index (χ1) is 12.3. The highest BCUT2D eigenvalue weighted by molar-refractivity contribution is 5.89. The van der Waals surface area contributed by atoms with Crippen LogP contribution in [-0.2, 0) is 14.3 Å². The van der Waals surface area contributed by atoms with E-state index in [0.29, 0.717) is 13.0 Å². The van der Waals surface area contributed by atoms with Crippen LogP contribution in [0.5, 0.6) is 0 Å². The largest absolute Gasteiger partial charge is 0.469 e. The van der Waals surface area contributed by atoms with Gasteiger partial charge in [0.05, 0.1) is 31.7 Å². The molecule has 10 heteroatoms. The van der Waals surface area contributed by atoms with Crippen LogP contribution in [0.1, 0.15) is 35.3 Å². The predicted octanol–water partition coefficient (Wildman–Crippen LogP) is 2.60. The standard InChI is InChI=1S/C8H13F2NO2.C8H7F2NO2/c2*1-13-8(12)5-2-3-11-6(4-5)7(9)10/h5-7,11H,2-4H2,1H3;2-4,7H,1H3. The highest BCUT2D eigenvalue weighted by atomic mass is 19.3. The maximum absolute atomic E-state index is 12.2. The van der Waals surface area contributed by atoms with Crippen LogP contribution in [0, 0.1) is 5.92 Å². The average Bonchev–Trinajstić information content (AvgIpc) is 2.67. The van der Waals surface area contributed by atoms with Crippen molar-refractivity contribution in [3.8, 4) is 0 Å². The Kier molecular flexibility index (Phi) is 8.97. The Labute approximate surface area is 147 Å². The molecule has 1 aliphatic heterocycles. The van der Waals surface area contributed by atoms with Gasteiger partial charge in [0, 0.05) is 6.20 Å². The number of hydrogen-bond donors (Lipinski definition) is 1. The topological polar surface area (TPSA) is 77.5 Å². The summed E-state index contributed by atoms with van der Waals surface area (Å²) in [7, 11) is 2.46. The first-order valence-electron chi connectivity index (χ1n) is 7.71. The number of nitrogens with zero attached hydrogens (tertiary/aromatic N) is 1. The molecule has 0 bridgehead atoms. The van der Waals surface area contributed by atoms with Crippen LogP contribution < -0.4 is 5.32 Å². The quantitative estimate of drug-likeness (QED) is 0.639. The fraction of sp³-hybridized carbons (Fsp3) is 0.562. The van der Waals surface area contributed by atoms with Gasteiger partial charge in [-0.15, -0.1) is 0 Å². The smallest absolute Gasteiger partial charge is 0.337 e. The van der Waals surface area contributed by atoms with E-state index in [0.717, 1.165) is 12.3 Å². The number of methoxy groups -OCH3 is 2. The molecule has 0 radical (unpaired) electrons. The Bertz CT molecular complexity index is 601. The number of aromatic nitrogens is 1. The van der Waals surface area contributed by atoms with Crippen molar-refractivity contribution in [3.63, 3.8) is 0 Å². The van der Waals surface area contributed by atoms with Crippen molar-refractivity contribution in [3.05, 3.63) is 29.6 Å². The number of alkyl halides is 4. The lowest BCUT2D eigenvalue weighted by molar-refractivity contribution is -0.147. The van der Waals surface area contributed by atoms with Gasteiger partial charge >= 0.3 is 11.9 Å². The van der Waals surface area contributed by atoms with E-state index in [1.54, 1.807) is 0 Å². The Hall–Kier alpha value is -2.23. The maximum Gasteiger partial charge on any atom is 0.337 e. The molecule has 2 atom stereocenters. The van der Waals surface area contributed by atoms with E-state index < -0.39 is 30.6 Å². The van der Waals surface area contributed by atoms with Gasteiger partial charge < -0.3 is 14.8 Å². The van der Waals surface area contributed by atoms with E-state index in [1.165, 1.54) is 20.3 Å². The molecule has 0 aromatic carbocycles. The lowest BCUT2D eigenvalue weighted by atomic mass is 9.93. The SMILES string of the molecule is COC(=O)C1CCNC(C(F)F)C1.COC(=O)c1ccnc(C(F)F)c1. The number of rotatable bonds is 4. The molecule has 1 aromatic heterocycles. The summed E-state index contributed by atoms with van der Waals surface area (Å²) in [6, 6.07) is 1.46. The summed E-state index contributed by atoms with van der Waals surface area (Å²) in [4.78, 5) is 25.3. The van der Waals surface area contributed by atoms with Crippen LogP contribution in [0.3, 0.4) is 0 Å². The number of halogens is 4. The van der Waals surface area contributed by atoms with Gasteiger partial charge in [-0.1, -0.05) is 0 Å². The number of hydrogen-bond acceptors (Lipinski definition) is 6. The number of carbonyl (C=O) groups excluding carboxylic acids is 2. The van der Waals surface area contributed by atoms with Gasteiger partial charge in [0.25, 0.3) is 12.9 Å². The van der Waals surface area contributed by atoms with Gasteiger partial charge in [0.15, 0.2) is 0 Å². The lowest BCUT2D eigenvalue weighted by Crippen LogP contribution is -2.44. The minimum atomic E-state index is -2.68. The molecule has 1 aromatic rings. The zero-order chi connectivity index (χ0) is 19.7. The van der Waals surface area contributed by atoms with Gasteiger partial charge in [-0.3, -0.25) is 9.78 Å². The monoisotopic (exact) mass is 380 g/mol. The average molecular weight is 380 g/mol. The molecule has 2 rings (SSSR count). The number of nitrogens with one attached hydrogen (secondary N) is 1. The molecule has 6 nitrogen and oxygen atoms in total. The van der Waals surface area contributed by atoms with Crippen molar-refractivity contribution >= 4 is 11.9 Å². The van der Waals surface area contributed by atoms with Crippen LogP contribution >= 0.6 is 0 Å². The Morgan fingerprint density at radius 2 is 1.92 bits per heavy atom. The zero-order valence-corrected chi connectivity index (χ0v) is 14.3. The van der Waals surface area contributed by atoms with E-state index in [-0.39, 0.29) is 23.9 Å². The molecule has 0 aliphatic carbocycles. The molecule has 2 heterocycles. The van der Waals surface area contributed by atoms with Crippen molar-refractivity contribution in [2.75, 3.05) is 20.8 Å². The molecule has 1 aliphatic rings. The Morgan fingerprint density at radius 1 is 1.23 bits per heavy atom. The van der Waals surface area contributed by atoms with Crippen LogP contribution in [0.2, 0.25) is 0 Å². The Morgan fingerprint density at radius 3 is 2.46 bits per heavy atom. The van der Waals surface area contributed by atoms with E-state index in [9.17, 15) is 27.2 Å². The summed E-state index contributed by atoms with van der Waals surface area (Å²) in [5.74, 6) is -1.40. The molecular formula is C16H20F4N2O4. The molecule has 26 heavy (non-hydrogen) atoms. The summed E-state index contributed by atoms with van der Waals surface area (Å²) >= 11 is 0. The molecule has 0 amide bonds. The minimum absolute atomic E-state index is 0.0767. The molecule has 0 spiro atoms. The Balaban J connectivity index is 0.000000260. The maximum atomic E-state index is 12.2. The van der Waals surface area contributed by atoms with Gasteiger partial charge in [-0.25, -0.2) is 22.4 Å². The van der Waals surface area contributed by atoms with Crippen LogP contribution in [0.15, 0.2) is 18.3 Å². The summed E-state index contributed by atoms with van der Waals surface area (Å²) in [6.45, 7) is 0.453. The van der Waals surface area contributed by atoms with E-state index in [2.05, 4.69) is 19.8 Å². The molecule has 0 saturated carbocycles. The molecule has 1 N–H and O–H groups in total. The van der Waals surface area contributed by atoms with E-state index >= 15 is 0 Å². The second-order valence-corrected chi connectivity index (χ2v) is 5.40. The first kappa shape index (κ1) is 21.8. The van der Waals surface area contributed by atoms with Crippen LogP contribution in [-0.4, -0.2) is 50.2 Å². The molecule has 146 valence electrons. The third kappa shape index (κ3) is 6.58. The summed E-state index contributed by atoms with van der Waals surface area (Å²) in [5.41, 5.74) is -0.351. The highest BCUT2D eigenvalue weighted by Crippen LogP contribution is 2.21. The first-order valence-corrected chi connectivity index (χ1v) is 7.71. The van der Waals surface area contributed by atoms with Crippen molar-refractivity contribution in [1.29, 1.82) is 0 Å². The van der Waals surface area contributed by atoms with Gasteiger partial charge in [-0.05, 0) is 31.5 Å². The van der Waals surface area contributed by atoms with Gasteiger partial charge in [0.2, 0.25) is 0 Å². The number of piperidine rings is 1. The van der Waals surface area contributed by atoms with Crippen LogP contribution in [0.25, 0.3) is 0 Å². The fourth-order valence-electron chi connectivity index (χ4n) is 2.34. The van der Waals surface area contributed by atoms with Crippen molar-refractivity contribution in [2.45, 2.75) is 31.7 Å². The zero-order valence-electron chi connectivity index (χ0n) is 14.3. The van der Waals surface area contributed by atoms with Gasteiger partial charge in [0.1, 0.15) is 5.69 Å². The minimum Gasteiger partial charge on any atom is -0.469 e. The molecule has 1 fully saturated rings. The molecule has 2 unspecified atom stereocenters. The normalized spacial score (nSPS) is 19.5. The predicted molar refractivity (Wildman–Crippen MR) is 83.1 cm³/mol. The van der Waals surface area contributed by atoms with Crippen molar-refractivity contribution in [2.24, 2.45) is 5.92 Å². The number of carbonyl (C=O) groups is 2. The number of ether oxygens (including phenoxy) is 2. The second-order valence-electron chi connectivity index (χ2n) is 5.40. The highest BCUT2D eigenvalue weighted by Gasteiger charge is 2.32. The summed E-state index contributed by atoms with van der Waals surface area (Å²) in [6.07, 6.45) is -3.19. The number of pyridine rings is 1. The summed E-state index contributed by atoms with van der Waals surface area (Å²) < 4.78 is 57.6. The van der Waals surface area contributed by atoms with Crippen LogP contribution in [0.4, 0.5) is 17.6 Å². The third-order valence-electron chi connectivity index (χ3n) is 3.70. The third-order valence-corrected chi connectivity index (χ3v) is 3.70. The van der Waals surface area contributed by atoms with Crippen molar-refractivity contribution in [1.82, 2.24) is 10.3 Å². The number of esters is 2. The molecular weight excluding hydrogens is 360 g/mol. The van der Waals surface area contributed by atoms with E-state index in [4.69, 9.17) is 0 Å². The van der Waals surface area contributed by atoms with E-state index in [1.807, 2.05) is 0 Å². The molecule has 1 saturated heterocycles. The summed E-state index contributed by atoms with van der Waals surface area (Å²) in [5, 5.41) is 2.67. The lowest BCUT2D eigenvalue weighted by Gasteiger charge is -2.27.